The summed E-state index contributed by atoms with van der Waals surface area (Å²) in [7, 11) is 0. The van der Waals surface area contributed by atoms with Crippen molar-refractivity contribution in [2.45, 2.75) is 12.8 Å². The third kappa shape index (κ3) is 1.00. The second-order valence-electron chi connectivity index (χ2n) is 2.64. The summed E-state index contributed by atoms with van der Waals surface area (Å²) >= 11 is 0. The number of nitrogens with zero attached hydrogens (tertiary/aromatic N) is 1. The van der Waals surface area contributed by atoms with E-state index >= 15 is 0 Å². The first-order chi connectivity index (χ1) is 5.38. The van der Waals surface area contributed by atoms with Gasteiger partial charge in [-0.1, -0.05) is 12.1 Å². The molecule has 1 heterocycles. The Morgan fingerprint density at radius 2 is 2.27 bits per heavy atom. The molecule has 0 bridgehead atoms. The molecule has 1 aliphatic heterocycles. The van der Waals surface area contributed by atoms with E-state index in [4.69, 9.17) is 0 Å². The van der Waals surface area contributed by atoms with Crippen molar-refractivity contribution < 1.29 is 5.11 Å². The Kier molecular flexibility index (Phi) is 1.39. The molecule has 0 amide bonds. The molecule has 2 rings (SSSR count). The molecule has 1 aromatic rings. The normalized spacial score (nSPS) is 14.5. The number of para-hydroxylation sites is 1. The zero-order valence-corrected chi connectivity index (χ0v) is 6.12. The highest BCUT2D eigenvalue weighted by Gasteiger charge is 2.07. The van der Waals surface area contributed by atoms with Gasteiger partial charge in [-0.05, 0) is 24.5 Å². The lowest BCUT2D eigenvalue weighted by molar-refractivity contribution is 0.476. The van der Waals surface area contributed by atoms with E-state index in [-0.39, 0.29) is 0 Å². The van der Waals surface area contributed by atoms with Gasteiger partial charge in [-0.15, -0.1) is 0 Å². The second kappa shape index (κ2) is 2.38. The molecule has 0 aliphatic carbocycles. The molecule has 1 N–H and O–H groups in total. The molecule has 1 aromatic carbocycles. The molecule has 2 nitrogen and oxygen atoms in total. The number of rotatable bonds is 0. The largest absolute Gasteiger partial charge is 0.506 e. The standard InChI is InChI=1S/C9H9NO/c11-8-5-1-3-7-4-2-6-10-9(7)8/h1,3,5-6,11H,2,4H2. The monoisotopic (exact) mass is 147 g/mol. The van der Waals surface area contributed by atoms with Crippen LogP contribution in [0.15, 0.2) is 23.2 Å². The lowest BCUT2D eigenvalue weighted by atomic mass is 10.1. The number of aryl methyl sites for hydroxylation is 1. The van der Waals surface area contributed by atoms with Gasteiger partial charge in [-0.2, -0.15) is 0 Å². The van der Waals surface area contributed by atoms with Gasteiger partial charge in [0.25, 0.3) is 0 Å². The number of phenols is 1. The van der Waals surface area contributed by atoms with Crippen LogP contribution in [0.1, 0.15) is 12.0 Å². The van der Waals surface area contributed by atoms with Gasteiger partial charge in [0.1, 0.15) is 11.4 Å². The first kappa shape index (κ1) is 6.40. The molecule has 11 heavy (non-hydrogen) atoms. The summed E-state index contributed by atoms with van der Waals surface area (Å²) in [4.78, 5) is 4.12. The smallest absolute Gasteiger partial charge is 0.141 e. The first-order valence-corrected chi connectivity index (χ1v) is 3.71. The summed E-state index contributed by atoms with van der Waals surface area (Å²) < 4.78 is 0. The summed E-state index contributed by atoms with van der Waals surface area (Å²) in [6, 6.07) is 5.53. The topological polar surface area (TPSA) is 32.6 Å². The Morgan fingerprint density at radius 3 is 3.09 bits per heavy atom. The van der Waals surface area contributed by atoms with Crippen LogP contribution < -0.4 is 0 Å². The summed E-state index contributed by atoms with van der Waals surface area (Å²) in [6.07, 6.45) is 3.83. The molecule has 0 aromatic heterocycles. The minimum absolute atomic E-state index is 0.290. The molecule has 0 saturated carbocycles. The Balaban J connectivity index is 2.60. The lowest BCUT2D eigenvalue weighted by Crippen LogP contribution is -1.92. The van der Waals surface area contributed by atoms with Gasteiger partial charge in [0.15, 0.2) is 0 Å². The molecule has 0 atom stereocenters. The zero-order valence-electron chi connectivity index (χ0n) is 6.12. The van der Waals surface area contributed by atoms with Crippen LogP contribution in [-0.2, 0) is 6.42 Å². The molecular formula is C9H9NO. The fourth-order valence-electron chi connectivity index (χ4n) is 1.30. The fourth-order valence-corrected chi connectivity index (χ4v) is 1.30. The maximum atomic E-state index is 9.34. The molecule has 0 fully saturated rings. The van der Waals surface area contributed by atoms with E-state index in [1.165, 1.54) is 0 Å². The maximum Gasteiger partial charge on any atom is 0.141 e. The Bertz CT molecular complexity index is 304. The number of aliphatic imine (C=N–C) groups is 1. The molecular weight excluding hydrogens is 138 g/mol. The highest BCUT2D eigenvalue weighted by Crippen LogP contribution is 2.32. The average molecular weight is 147 g/mol. The van der Waals surface area contributed by atoms with Crippen LogP contribution in [0, 0.1) is 0 Å². The molecule has 1 aliphatic rings. The van der Waals surface area contributed by atoms with Crippen molar-refractivity contribution >= 4 is 11.9 Å². The Morgan fingerprint density at radius 1 is 1.36 bits per heavy atom. The van der Waals surface area contributed by atoms with Crippen LogP contribution in [-0.4, -0.2) is 11.3 Å². The van der Waals surface area contributed by atoms with E-state index in [0.717, 1.165) is 24.1 Å². The van der Waals surface area contributed by atoms with Crippen LogP contribution >= 0.6 is 0 Å². The summed E-state index contributed by atoms with van der Waals surface area (Å²) in [6.45, 7) is 0. The minimum atomic E-state index is 0.290. The van der Waals surface area contributed by atoms with Gasteiger partial charge in [-0.25, -0.2) is 0 Å². The number of hydrogen-bond acceptors (Lipinski definition) is 2. The number of fused-ring (bicyclic) bond motifs is 1. The molecule has 0 saturated heterocycles. The van der Waals surface area contributed by atoms with Crippen LogP contribution in [0.2, 0.25) is 0 Å². The zero-order chi connectivity index (χ0) is 7.68. The predicted molar refractivity (Wildman–Crippen MR) is 44.6 cm³/mol. The van der Waals surface area contributed by atoms with Crippen molar-refractivity contribution in [3.8, 4) is 5.75 Å². The van der Waals surface area contributed by atoms with Gasteiger partial charge >= 0.3 is 0 Å². The van der Waals surface area contributed by atoms with Gasteiger partial charge in [-0.3, -0.25) is 4.99 Å². The summed E-state index contributed by atoms with van der Waals surface area (Å²) in [5, 5.41) is 9.34. The van der Waals surface area contributed by atoms with E-state index in [2.05, 4.69) is 4.99 Å². The number of benzene rings is 1. The number of phenolic OH excluding ortho intramolecular Hbond substituents is 1. The van der Waals surface area contributed by atoms with E-state index in [9.17, 15) is 5.11 Å². The molecule has 2 heteroatoms. The third-order valence-corrected chi connectivity index (χ3v) is 1.86. The SMILES string of the molecule is Oc1cccc2c1N=CCC2. The van der Waals surface area contributed by atoms with Crippen molar-refractivity contribution in [3.63, 3.8) is 0 Å². The van der Waals surface area contributed by atoms with Gasteiger partial charge in [0.05, 0.1) is 0 Å². The highest BCUT2D eigenvalue weighted by molar-refractivity contribution is 5.72. The maximum absolute atomic E-state index is 9.34. The van der Waals surface area contributed by atoms with Crippen molar-refractivity contribution in [2.75, 3.05) is 0 Å². The van der Waals surface area contributed by atoms with Crippen molar-refractivity contribution in [1.29, 1.82) is 0 Å². The van der Waals surface area contributed by atoms with Gasteiger partial charge in [0.2, 0.25) is 0 Å². The third-order valence-electron chi connectivity index (χ3n) is 1.86. The molecule has 0 radical (unpaired) electrons. The van der Waals surface area contributed by atoms with Crippen molar-refractivity contribution in [3.05, 3.63) is 23.8 Å². The Hall–Kier alpha value is -1.31. The quantitative estimate of drug-likeness (QED) is 0.598. The number of aromatic hydroxyl groups is 1. The number of hydrogen-bond donors (Lipinski definition) is 1. The van der Waals surface area contributed by atoms with Crippen LogP contribution in [0.5, 0.6) is 5.75 Å². The average Bonchev–Trinajstić information content (AvgIpc) is 2.06. The Labute approximate surface area is 65.2 Å². The summed E-state index contributed by atoms with van der Waals surface area (Å²) in [5.74, 6) is 0.290. The van der Waals surface area contributed by atoms with E-state index in [1.54, 1.807) is 6.07 Å². The molecule has 0 unspecified atom stereocenters. The first-order valence-electron chi connectivity index (χ1n) is 3.71. The van der Waals surface area contributed by atoms with E-state index in [0.29, 0.717) is 5.75 Å². The van der Waals surface area contributed by atoms with Crippen molar-refractivity contribution in [1.82, 2.24) is 0 Å². The van der Waals surface area contributed by atoms with Crippen LogP contribution in [0.3, 0.4) is 0 Å². The van der Waals surface area contributed by atoms with Gasteiger partial charge < -0.3 is 5.11 Å². The minimum Gasteiger partial charge on any atom is -0.506 e. The highest BCUT2D eigenvalue weighted by atomic mass is 16.3. The predicted octanol–water partition coefficient (Wildman–Crippen LogP) is 2.04. The fraction of sp³-hybridized carbons (Fsp3) is 0.222. The van der Waals surface area contributed by atoms with Crippen molar-refractivity contribution in [2.24, 2.45) is 4.99 Å². The molecule has 0 spiro atoms. The summed E-state index contributed by atoms with van der Waals surface area (Å²) in [5.41, 5.74) is 1.89. The van der Waals surface area contributed by atoms with E-state index in [1.807, 2.05) is 18.3 Å². The second-order valence-corrected chi connectivity index (χ2v) is 2.64. The molecule has 56 valence electrons. The van der Waals surface area contributed by atoms with Crippen LogP contribution in [0.25, 0.3) is 0 Å². The van der Waals surface area contributed by atoms with Gasteiger partial charge in [0, 0.05) is 6.21 Å². The van der Waals surface area contributed by atoms with Crippen LogP contribution in [0.4, 0.5) is 5.69 Å². The van der Waals surface area contributed by atoms with E-state index < -0.39 is 0 Å². The lowest BCUT2D eigenvalue weighted by Gasteiger charge is -2.09.